The molecule has 0 unspecified atom stereocenters. The van der Waals surface area contributed by atoms with E-state index >= 15 is 0 Å². The van der Waals surface area contributed by atoms with Crippen LogP contribution in [0.4, 0.5) is 0 Å². The van der Waals surface area contributed by atoms with Crippen LogP contribution in [0, 0.1) is 11.3 Å². The van der Waals surface area contributed by atoms with Crippen molar-refractivity contribution in [1.29, 1.82) is 5.26 Å². The first-order valence-electron chi connectivity index (χ1n) is 8.80. The molecule has 0 heterocycles. The minimum Gasteiger partial charge on any atom is -0.349 e. The van der Waals surface area contributed by atoms with Crippen molar-refractivity contribution in [3.05, 3.63) is 70.8 Å². The van der Waals surface area contributed by atoms with Gasteiger partial charge in [0.1, 0.15) is 0 Å². The Hall–Kier alpha value is -3.13. The first-order valence-corrected chi connectivity index (χ1v) is 8.80. The summed E-state index contributed by atoms with van der Waals surface area (Å²) in [5.41, 5.74) is 2.70. The van der Waals surface area contributed by atoms with Crippen molar-refractivity contribution in [3.8, 4) is 6.07 Å². The highest BCUT2D eigenvalue weighted by atomic mass is 16.2. The summed E-state index contributed by atoms with van der Waals surface area (Å²) >= 11 is 0. The predicted molar refractivity (Wildman–Crippen MR) is 98.5 cm³/mol. The number of carbonyl (C=O) groups is 2. The zero-order valence-corrected chi connectivity index (χ0v) is 14.7. The monoisotopic (exact) mass is 347 g/mol. The molecule has 1 N–H and O–H groups in total. The van der Waals surface area contributed by atoms with Crippen molar-refractivity contribution < 1.29 is 9.59 Å². The highest BCUT2D eigenvalue weighted by molar-refractivity contribution is 5.98. The number of amides is 2. The minimum atomic E-state index is -0.0866. The van der Waals surface area contributed by atoms with Gasteiger partial charge in [0.25, 0.3) is 11.8 Å². The molecule has 2 aromatic rings. The molecule has 1 aliphatic rings. The Morgan fingerprint density at radius 1 is 1.08 bits per heavy atom. The summed E-state index contributed by atoms with van der Waals surface area (Å²) in [6.07, 6.45) is 2.09. The fourth-order valence-corrected chi connectivity index (χ4v) is 2.68. The van der Waals surface area contributed by atoms with Crippen molar-refractivity contribution in [3.63, 3.8) is 0 Å². The van der Waals surface area contributed by atoms with Crippen LogP contribution in [0.15, 0.2) is 48.5 Å². The second-order valence-corrected chi connectivity index (χ2v) is 6.45. The Labute approximate surface area is 153 Å². The third kappa shape index (κ3) is 4.28. The fraction of sp³-hybridized carbons (Fsp3) is 0.286. The maximum atomic E-state index is 12.7. The lowest BCUT2D eigenvalue weighted by Crippen LogP contribution is -2.30. The molecule has 0 bridgehead atoms. The smallest absolute Gasteiger partial charge is 0.254 e. The van der Waals surface area contributed by atoms with Gasteiger partial charge in [0.2, 0.25) is 0 Å². The largest absolute Gasteiger partial charge is 0.349 e. The van der Waals surface area contributed by atoms with E-state index in [4.69, 9.17) is 5.26 Å². The van der Waals surface area contributed by atoms with E-state index in [9.17, 15) is 9.59 Å². The standard InChI is InChI=1S/C21H21N3O2/c1-2-24(14-16-5-3-15(13-22)4-6-16)21(26)18-9-7-17(8-10-18)20(25)23-19-11-12-19/h3-10,19H,2,11-12,14H2,1H3,(H,23,25). The Morgan fingerprint density at radius 2 is 1.69 bits per heavy atom. The quantitative estimate of drug-likeness (QED) is 0.872. The Balaban J connectivity index is 1.67. The van der Waals surface area contributed by atoms with E-state index in [0.717, 1.165) is 18.4 Å². The Bertz CT molecular complexity index is 831. The Morgan fingerprint density at radius 3 is 2.23 bits per heavy atom. The summed E-state index contributed by atoms with van der Waals surface area (Å²) in [6, 6.07) is 16.4. The zero-order valence-electron chi connectivity index (χ0n) is 14.7. The van der Waals surface area contributed by atoms with Gasteiger partial charge in [-0.15, -0.1) is 0 Å². The van der Waals surface area contributed by atoms with Gasteiger partial charge < -0.3 is 10.2 Å². The molecule has 0 aliphatic heterocycles. The van der Waals surface area contributed by atoms with E-state index in [1.165, 1.54) is 0 Å². The normalized spacial score (nSPS) is 12.9. The molecule has 5 heteroatoms. The van der Waals surface area contributed by atoms with Crippen LogP contribution >= 0.6 is 0 Å². The van der Waals surface area contributed by atoms with E-state index < -0.39 is 0 Å². The maximum absolute atomic E-state index is 12.7. The molecule has 26 heavy (non-hydrogen) atoms. The van der Waals surface area contributed by atoms with E-state index in [2.05, 4.69) is 11.4 Å². The molecule has 1 fully saturated rings. The molecule has 5 nitrogen and oxygen atoms in total. The van der Waals surface area contributed by atoms with Crippen molar-refractivity contribution in [2.24, 2.45) is 0 Å². The van der Waals surface area contributed by atoms with Gasteiger partial charge in [-0.3, -0.25) is 9.59 Å². The van der Waals surface area contributed by atoms with Crippen LogP contribution in [-0.4, -0.2) is 29.3 Å². The third-order valence-corrected chi connectivity index (χ3v) is 4.43. The number of hydrogen-bond acceptors (Lipinski definition) is 3. The van der Waals surface area contributed by atoms with E-state index in [1.54, 1.807) is 41.3 Å². The summed E-state index contributed by atoms with van der Waals surface area (Å²) in [5.74, 6) is -0.164. The Kier molecular flexibility index (Phi) is 5.33. The number of nitriles is 1. The molecule has 2 aromatic carbocycles. The number of rotatable bonds is 6. The summed E-state index contributed by atoms with van der Waals surface area (Å²) in [6.45, 7) is 2.98. The number of nitrogens with one attached hydrogen (secondary N) is 1. The average molecular weight is 347 g/mol. The third-order valence-electron chi connectivity index (χ3n) is 4.43. The fourth-order valence-electron chi connectivity index (χ4n) is 2.68. The minimum absolute atomic E-state index is 0.0778. The van der Waals surface area contributed by atoms with Crippen molar-refractivity contribution in [2.75, 3.05) is 6.54 Å². The second-order valence-electron chi connectivity index (χ2n) is 6.45. The SMILES string of the molecule is CCN(Cc1ccc(C#N)cc1)C(=O)c1ccc(C(=O)NC2CC2)cc1. The second kappa shape index (κ2) is 7.83. The lowest BCUT2D eigenvalue weighted by atomic mass is 10.1. The lowest BCUT2D eigenvalue weighted by Gasteiger charge is -2.21. The van der Waals surface area contributed by atoms with Gasteiger partial charge in [-0.25, -0.2) is 0 Å². The van der Waals surface area contributed by atoms with E-state index in [1.807, 2.05) is 19.1 Å². The van der Waals surface area contributed by atoms with Crippen molar-refractivity contribution >= 4 is 11.8 Å². The molecule has 0 radical (unpaired) electrons. The maximum Gasteiger partial charge on any atom is 0.254 e. The van der Waals surface area contributed by atoms with Crippen LogP contribution in [0.25, 0.3) is 0 Å². The molecule has 132 valence electrons. The van der Waals surface area contributed by atoms with Gasteiger partial charge in [-0.1, -0.05) is 12.1 Å². The van der Waals surface area contributed by atoms with Gasteiger partial charge in [-0.05, 0) is 61.7 Å². The molecule has 0 spiro atoms. The predicted octanol–water partition coefficient (Wildman–Crippen LogP) is 3.11. The molecular formula is C21H21N3O2. The lowest BCUT2D eigenvalue weighted by molar-refractivity contribution is 0.0752. The number of carbonyl (C=O) groups excluding carboxylic acids is 2. The molecular weight excluding hydrogens is 326 g/mol. The molecule has 0 atom stereocenters. The van der Waals surface area contributed by atoms with Gasteiger partial charge in [-0.2, -0.15) is 5.26 Å². The molecule has 3 rings (SSSR count). The van der Waals surface area contributed by atoms with Gasteiger partial charge >= 0.3 is 0 Å². The van der Waals surface area contributed by atoms with Gasteiger partial charge in [0.05, 0.1) is 11.6 Å². The van der Waals surface area contributed by atoms with Crippen molar-refractivity contribution in [1.82, 2.24) is 10.2 Å². The van der Waals surface area contributed by atoms with Crippen LogP contribution in [0.3, 0.4) is 0 Å². The topological polar surface area (TPSA) is 73.2 Å². The van der Waals surface area contributed by atoms with Crippen LogP contribution in [0.2, 0.25) is 0 Å². The summed E-state index contributed by atoms with van der Waals surface area (Å²) in [4.78, 5) is 26.5. The first-order chi connectivity index (χ1) is 12.6. The average Bonchev–Trinajstić information content (AvgIpc) is 3.50. The van der Waals surface area contributed by atoms with E-state index in [-0.39, 0.29) is 11.8 Å². The molecule has 0 saturated heterocycles. The van der Waals surface area contributed by atoms with Crippen LogP contribution in [-0.2, 0) is 6.54 Å². The first kappa shape index (κ1) is 17.7. The number of benzene rings is 2. The molecule has 2 amide bonds. The summed E-state index contributed by atoms with van der Waals surface area (Å²) in [5, 5.41) is 11.8. The number of nitrogens with zero attached hydrogens (tertiary/aromatic N) is 2. The molecule has 1 aliphatic carbocycles. The highest BCUT2D eigenvalue weighted by Crippen LogP contribution is 2.19. The number of hydrogen-bond donors (Lipinski definition) is 1. The van der Waals surface area contributed by atoms with Crippen LogP contribution in [0.5, 0.6) is 0 Å². The highest BCUT2D eigenvalue weighted by Gasteiger charge is 2.24. The van der Waals surface area contributed by atoms with Crippen LogP contribution in [0.1, 0.15) is 51.6 Å². The molecule has 0 aromatic heterocycles. The van der Waals surface area contributed by atoms with Crippen molar-refractivity contribution in [2.45, 2.75) is 32.4 Å². The summed E-state index contributed by atoms with van der Waals surface area (Å²) < 4.78 is 0. The van der Waals surface area contributed by atoms with E-state index in [0.29, 0.717) is 35.8 Å². The summed E-state index contributed by atoms with van der Waals surface area (Å²) in [7, 11) is 0. The zero-order chi connectivity index (χ0) is 18.5. The van der Waals surface area contributed by atoms with Gasteiger partial charge in [0, 0.05) is 30.3 Å². The molecule has 1 saturated carbocycles. The van der Waals surface area contributed by atoms with Crippen LogP contribution < -0.4 is 5.32 Å². The van der Waals surface area contributed by atoms with Gasteiger partial charge in [0.15, 0.2) is 0 Å².